The van der Waals surface area contributed by atoms with Gasteiger partial charge in [-0.25, -0.2) is 0 Å². The molecule has 0 aliphatic carbocycles. The summed E-state index contributed by atoms with van der Waals surface area (Å²) in [5, 5.41) is 2.45. The first kappa shape index (κ1) is 9.90. The van der Waals surface area contributed by atoms with Gasteiger partial charge >= 0.3 is 0 Å². The van der Waals surface area contributed by atoms with Crippen LogP contribution in [0.4, 0.5) is 0 Å². The van der Waals surface area contributed by atoms with E-state index in [4.69, 9.17) is 11.5 Å². The normalized spacial score (nSPS) is 12.2. The highest BCUT2D eigenvalue weighted by Gasteiger charge is 2.05. The maximum Gasteiger partial charge on any atom is 0.236 e. The van der Waals surface area contributed by atoms with Crippen molar-refractivity contribution >= 4 is 11.8 Å². The van der Waals surface area contributed by atoms with Crippen molar-refractivity contribution in [2.24, 2.45) is 11.5 Å². The first-order chi connectivity index (χ1) is 5.04. The zero-order chi connectivity index (χ0) is 8.85. The number of hydrogen-bond donors (Lipinski definition) is 3. The minimum Gasteiger partial charge on any atom is -0.370 e. The quantitative estimate of drug-likeness (QED) is 0.457. The van der Waals surface area contributed by atoms with Gasteiger partial charge in [0.05, 0.1) is 6.04 Å². The molecule has 0 radical (unpaired) electrons. The van der Waals surface area contributed by atoms with E-state index in [0.29, 0.717) is 0 Å². The van der Waals surface area contributed by atoms with Crippen LogP contribution in [0.3, 0.4) is 0 Å². The molecule has 0 fully saturated rings. The SMILES string of the molecule is C[C@@H](N)C(=O)NCCC(N)=O. The van der Waals surface area contributed by atoms with Crippen molar-refractivity contribution < 1.29 is 9.59 Å². The molecule has 0 heterocycles. The average Bonchev–Trinajstić information content (AvgIpc) is 1.86. The molecule has 0 spiro atoms. The molecule has 1 atom stereocenters. The van der Waals surface area contributed by atoms with Crippen molar-refractivity contribution in [2.75, 3.05) is 6.54 Å². The van der Waals surface area contributed by atoms with Crippen LogP contribution in [0.25, 0.3) is 0 Å². The lowest BCUT2D eigenvalue weighted by molar-refractivity contribution is -0.122. The Bertz CT molecular complexity index is 156. The zero-order valence-corrected chi connectivity index (χ0v) is 6.46. The van der Waals surface area contributed by atoms with E-state index in [1.54, 1.807) is 6.92 Å². The first-order valence-electron chi connectivity index (χ1n) is 3.35. The second-order valence-corrected chi connectivity index (χ2v) is 2.30. The van der Waals surface area contributed by atoms with Crippen molar-refractivity contribution in [3.05, 3.63) is 0 Å². The number of nitrogens with two attached hydrogens (primary N) is 2. The number of nitrogens with one attached hydrogen (secondary N) is 1. The van der Waals surface area contributed by atoms with E-state index in [9.17, 15) is 9.59 Å². The summed E-state index contributed by atoms with van der Waals surface area (Å²) in [4.78, 5) is 20.9. The minimum absolute atomic E-state index is 0.151. The van der Waals surface area contributed by atoms with Crippen molar-refractivity contribution in [3.63, 3.8) is 0 Å². The molecule has 2 amide bonds. The molecule has 0 aromatic rings. The Morgan fingerprint density at radius 1 is 1.55 bits per heavy atom. The van der Waals surface area contributed by atoms with Crippen LogP contribution in [0.15, 0.2) is 0 Å². The van der Waals surface area contributed by atoms with Gasteiger partial charge in [0, 0.05) is 13.0 Å². The van der Waals surface area contributed by atoms with Crippen LogP contribution in [0.5, 0.6) is 0 Å². The highest BCUT2D eigenvalue weighted by molar-refractivity contribution is 5.81. The average molecular weight is 159 g/mol. The Labute approximate surface area is 65.1 Å². The van der Waals surface area contributed by atoms with Gasteiger partial charge in [-0.2, -0.15) is 0 Å². The zero-order valence-electron chi connectivity index (χ0n) is 6.46. The summed E-state index contributed by atoms with van der Waals surface area (Å²) in [6.45, 7) is 1.83. The Kier molecular flexibility index (Phi) is 4.21. The fourth-order valence-corrected chi connectivity index (χ4v) is 0.470. The molecular formula is C6H13N3O2. The fraction of sp³-hybridized carbons (Fsp3) is 0.667. The maximum absolute atomic E-state index is 10.7. The molecule has 64 valence electrons. The summed E-state index contributed by atoms with van der Waals surface area (Å²) in [5.41, 5.74) is 10.1. The van der Waals surface area contributed by atoms with Crippen LogP contribution in [0, 0.1) is 0 Å². The summed E-state index contributed by atoms with van der Waals surface area (Å²) in [5.74, 6) is -0.707. The van der Waals surface area contributed by atoms with Gasteiger partial charge in [-0.05, 0) is 6.92 Å². The van der Waals surface area contributed by atoms with Gasteiger partial charge < -0.3 is 16.8 Å². The smallest absolute Gasteiger partial charge is 0.236 e. The third-order valence-corrected chi connectivity index (χ3v) is 1.08. The Morgan fingerprint density at radius 3 is 2.45 bits per heavy atom. The molecule has 0 bridgehead atoms. The van der Waals surface area contributed by atoms with Gasteiger partial charge in [0.15, 0.2) is 0 Å². The van der Waals surface area contributed by atoms with Crippen LogP contribution in [0.2, 0.25) is 0 Å². The standard InChI is InChI=1S/C6H13N3O2/c1-4(7)6(11)9-3-2-5(8)10/h4H,2-3,7H2,1H3,(H2,8,10)(H,9,11)/t4-/m1/s1. The van der Waals surface area contributed by atoms with E-state index >= 15 is 0 Å². The van der Waals surface area contributed by atoms with E-state index in [-0.39, 0.29) is 18.9 Å². The molecule has 0 saturated carbocycles. The van der Waals surface area contributed by atoms with Gasteiger partial charge in [-0.15, -0.1) is 0 Å². The molecule has 0 aliphatic heterocycles. The van der Waals surface area contributed by atoms with Gasteiger partial charge in [0.25, 0.3) is 0 Å². The number of carbonyl (C=O) groups is 2. The molecular weight excluding hydrogens is 146 g/mol. The molecule has 5 nitrogen and oxygen atoms in total. The minimum atomic E-state index is -0.539. The van der Waals surface area contributed by atoms with E-state index in [1.807, 2.05) is 0 Å². The third-order valence-electron chi connectivity index (χ3n) is 1.08. The Balaban J connectivity index is 3.39. The predicted octanol–water partition coefficient (Wildman–Crippen LogP) is -1.67. The summed E-state index contributed by atoms with van der Waals surface area (Å²) < 4.78 is 0. The van der Waals surface area contributed by atoms with Crippen molar-refractivity contribution in [3.8, 4) is 0 Å². The lowest BCUT2D eigenvalue weighted by Crippen LogP contribution is -2.39. The van der Waals surface area contributed by atoms with Crippen molar-refractivity contribution in [1.29, 1.82) is 0 Å². The molecule has 11 heavy (non-hydrogen) atoms. The summed E-state index contributed by atoms with van der Waals surface area (Å²) in [7, 11) is 0. The molecule has 0 unspecified atom stereocenters. The third kappa shape index (κ3) is 5.35. The van der Waals surface area contributed by atoms with E-state index < -0.39 is 11.9 Å². The van der Waals surface area contributed by atoms with Gasteiger partial charge in [-0.1, -0.05) is 0 Å². The lowest BCUT2D eigenvalue weighted by Gasteiger charge is -2.05. The van der Waals surface area contributed by atoms with Crippen molar-refractivity contribution in [2.45, 2.75) is 19.4 Å². The number of amides is 2. The van der Waals surface area contributed by atoms with Crippen LogP contribution in [-0.2, 0) is 9.59 Å². The molecule has 0 aromatic carbocycles. The van der Waals surface area contributed by atoms with Crippen LogP contribution < -0.4 is 16.8 Å². The predicted molar refractivity (Wildman–Crippen MR) is 40.5 cm³/mol. The Hall–Kier alpha value is -1.10. The molecule has 0 aromatic heterocycles. The summed E-state index contributed by atoms with van der Waals surface area (Å²) >= 11 is 0. The molecule has 5 heteroatoms. The van der Waals surface area contributed by atoms with Gasteiger partial charge in [0.1, 0.15) is 0 Å². The first-order valence-corrected chi connectivity index (χ1v) is 3.35. The van der Waals surface area contributed by atoms with E-state index in [1.165, 1.54) is 0 Å². The largest absolute Gasteiger partial charge is 0.370 e. The summed E-state index contributed by atoms with van der Waals surface area (Å²) in [6, 6.07) is -0.539. The number of carbonyl (C=O) groups excluding carboxylic acids is 2. The molecule has 0 rings (SSSR count). The number of hydrogen-bond acceptors (Lipinski definition) is 3. The van der Waals surface area contributed by atoms with Gasteiger partial charge in [0.2, 0.25) is 11.8 Å². The second kappa shape index (κ2) is 4.68. The lowest BCUT2D eigenvalue weighted by atomic mass is 10.3. The monoisotopic (exact) mass is 159 g/mol. The topological polar surface area (TPSA) is 98.2 Å². The Morgan fingerprint density at radius 2 is 2.09 bits per heavy atom. The fourth-order valence-electron chi connectivity index (χ4n) is 0.470. The highest BCUT2D eigenvalue weighted by Crippen LogP contribution is 1.77. The van der Waals surface area contributed by atoms with Crippen LogP contribution in [0.1, 0.15) is 13.3 Å². The molecule has 0 aliphatic rings. The second-order valence-electron chi connectivity index (χ2n) is 2.30. The van der Waals surface area contributed by atoms with Gasteiger partial charge in [-0.3, -0.25) is 9.59 Å². The maximum atomic E-state index is 10.7. The highest BCUT2D eigenvalue weighted by atomic mass is 16.2. The number of primary amides is 1. The molecule has 5 N–H and O–H groups in total. The molecule has 0 saturated heterocycles. The van der Waals surface area contributed by atoms with Crippen LogP contribution in [-0.4, -0.2) is 24.4 Å². The summed E-state index contributed by atoms with van der Waals surface area (Å²) in [6.07, 6.45) is 0.151. The van der Waals surface area contributed by atoms with E-state index in [2.05, 4.69) is 5.32 Å². The number of rotatable bonds is 4. The van der Waals surface area contributed by atoms with E-state index in [0.717, 1.165) is 0 Å². The van der Waals surface area contributed by atoms with Crippen molar-refractivity contribution in [1.82, 2.24) is 5.32 Å². The van der Waals surface area contributed by atoms with Crippen LogP contribution >= 0.6 is 0 Å².